The van der Waals surface area contributed by atoms with E-state index >= 15 is 0 Å². The fourth-order valence-corrected chi connectivity index (χ4v) is 1.96. The van der Waals surface area contributed by atoms with E-state index in [-0.39, 0.29) is 18.2 Å². The number of nitrogens with zero attached hydrogens (tertiary/aromatic N) is 1. The zero-order valence-electron chi connectivity index (χ0n) is 11.9. The number of anilines is 1. The third kappa shape index (κ3) is 4.18. The van der Waals surface area contributed by atoms with Gasteiger partial charge in [-0.3, -0.25) is 9.79 Å². The molecule has 1 amide bonds. The molecule has 0 aliphatic carbocycles. The van der Waals surface area contributed by atoms with Crippen molar-refractivity contribution in [2.45, 2.75) is 13.3 Å². The third-order valence-electron chi connectivity index (χ3n) is 3.07. The zero-order chi connectivity index (χ0) is 15.1. The van der Waals surface area contributed by atoms with Crippen LogP contribution in [0.25, 0.3) is 0 Å². The first kappa shape index (κ1) is 14.8. The summed E-state index contributed by atoms with van der Waals surface area (Å²) in [6.45, 7) is 2.06. The summed E-state index contributed by atoms with van der Waals surface area (Å²) >= 11 is 0. The van der Waals surface area contributed by atoms with Crippen LogP contribution in [-0.4, -0.2) is 23.8 Å². The Morgan fingerprint density at radius 2 is 1.90 bits per heavy atom. The van der Waals surface area contributed by atoms with Crippen molar-refractivity contribution in [2.75, 3.05) is 11.9 Å². The summed E-state index contributed by atoms with van der Waals surface area (Å²) in [7, 11) is 0. The molecule has 0 bridgehead atoms. The van der Waals surface area contributed by atoms with Gasteiger partial charge in [-0.1, -0.05) is 37.3 Å². The van der Waals surface area contributed by atoms with E-state index < -0.39 is 0 Å². The molecule has 0 unspecified atom stereocenters. The number of para-hydroxylation sites is 2. The second-order valence-electron chi connectivity index (χ2n) is 4.59. The van der Waals surface area contributed by atoms with E-state index in [4.69, 9.17) is 0 Å². The number of aromatic hydroxyl groups is 1. The monoisotopic (exact) mass is 282 g/mol. The van der Waals surface area contributed by atoms with Gasteiger partial charge < -0.3 is 10.4 Å². The van der Waals surface area contributed by atoms with Gasteiger partial charge in [0.1, 0.15) is 12.3 Å². The molecule has 0 saturated carbocycles. The molecule has 0 atom stereocenters. The fraction of sp³-hybridized carbons (Fsp3) is 0.176. The van der Waals surface area contributed by atoms with E-state index in [2.05, 4.69) is 10.3 Å². The first-order chi connectivity index (χ1) is 10.2. The number of nitrogens with one attached hydrogen (secondary N) is 1. The van der Waals surface area contributed by atoms with Crippen LogP contribution in [-0.2, 0) is 11.2 Å². The van der Waals surface area contributed by atoms with Crippen LogP contribution in [0.3, 0.4) is 0 Å². The minimum absolute atomic E-state index is 0.0202. The average molecular weight is 282 g/mol. The summed E-state index contributed by atoms with van der Waals surface area (Å²) < 4.78 is 0. The Hall–Kier alpha value is -2.62. The van der Waals surface area contributed by atoms with E-state index in [1.54, 1.807) is 24.3 Å². The van der Waals surface area contributed by atoms with Gasteiger partial charge in [-0.2, -0.15) is 0 Å². The first-order valence-electron chi connectivity index (χ1n) is 6.86. The number of aliphatic imine (C=N–C) groups is 1. The number of hydrogen-bond donors (Lipinski definition) is 2. The van der Waals surface area contributed by atoms with Gasteiger partial charge in [-0.25, -0.2) is 0 Å². The summed E-state index contributed by atoms with van der Waals surface area (Å²) in [4.78, 5) is 15.9. The number of hydrogen-bond acceptors (Lipinski definition) is 3. The largest absolute Gasteiger partial charge is 0.507 e. The maximum atomic E-state index is 11.9. The molecule has 0 aromatic heterocycles. The second kappa shape index (κ2) is 7.24. The summed E-state index contributed by atoms with van der Waals surface area (Å²) in [5.74, 6) is -0.0273. The van der Waals surface area contributed by atoms with Crippen LogP contribution in [0.4, 0.5) is 5.69 Å². The zero-order valence-corrected chi connectivity index (χ0v) is 11.9. The predicted molar refractivity (Wildman–Crippen MR) is 85.0 cm³/mol. The Bertz CT molecular complexity index is 651. The lowest BCUT2D eigenvalue weighted by Gasteiger charge is -2.08. The molecule has 2 aromatic rings. The summed E-state index contributed by atoms with van der Waals surface area (Å²) in [6, 6.07) is 14.6. The molecular formula is C17H18N2O2. The smallest absolute Gasteiger partial charge is 0.246 e. The molecule has 0 saturated heterocycles. The van der Waals surface area contributed by atoms with Gasteiger partial charge in [-0.05, 0) is 30.2 Å². The van der Waals surface area contributed by atoms with E-state index in [9.17, 15) is 9.90 Å². The molecule has 0 spiro atoms. The van der Waals surface area contributed by atoms with Crippen molar-refractivity contribution >= 4 is 17.8 Å². The normalized spacial score (nSPS) is 10.7. The van der Waals surface area contributed by atoms with E-state index in [1.807, 2.05) is 31.2 Å². The SMILES string of the molecule is CCc1ccccc1NC(=O)CN=Cc1ccccc1O. The lowest BCUT2D eigenvalue weighted by atomic mass is 10.1. The molecule has 0 fully saturated rings. The quantitative estimate of drug-likeness (QED) is 0.828. The molecule has 0 radical (unpaired) electrons. The number of rotatable bonds is 5. The highest BCUT2D eigenvalue weighted by Crippen LogP contribution is 2.15. The molecular weight excluding hydrogens is 264 g/mol. The summed E-state index contributed by atoms with van der Waals surface area (Å²) in [5.41, 5.74) is 2.51. The topological polar surface area (TPSA) is 61.7 Å². The Labute approximate surface area is 124 Å². The Kier molecular flexibility index (Phi) is 5.10. The van der Waals surface area contributed by atoms with E-state index in [1.165, 1.54) is 6.21 Å². The van der Waals surface area contributed by atoms with Crippen LogP contribution >= 0.6 is 0 Å². The number of phenols is 1. The Balaban J connectivity index is 1.95. The molecule has 0 heterocycles. The average Bonchev–Trinajstić information content (AvgIpc) is 2.50. The van der Waals surface area contributed by atoms with Gasteiger partial charge in [0.2, 0.25) is 5.91 Å². The van der Waals surface area contributed by atoms with Gasteiger partial charge in [0.15, 0.2) is 0 Å². The van der Waals surface area contributed by atoms with Crippen LogP contribution in [0.15, 0.2) is 53.5 Å². The molecule has 2 N–H and O–H groups in total. The molecule has 0 aliphatic rings. The highest BCUT2D eigenvalue weighted by atomic mass is 16.3. The van der Waals surface area contributed by atoms with Crippen LogP contribution in [0, 0.1) is 0 Å². The molecule has 2 aromatic carbocycles. The first-order valence-corrected chi connectivity index (χ1v) is 6.86. The maximum Gasteiger partial charge on any atom is 0.246 e. The maximum absolute atomic E-state index is 11.9. The lowest BCUT2D eigenvalue weighted by molar-refractivity contribution is -0.114. The van der Waals surface area contributed by atoms with Gasteiger partial charge >= 0.3 is 0 Å². The van der Waals surface area contributed by atoms with Crippen molar-refractivity contribution in [2.24, 2.45) is 4.99 Å². The molecule has 2 rings (SSSR count). The van der Waals surface area contributed by atoms with Crippen LogP contribution < -0.4 is 5.32 Å². The fourth-order valence-electron chi connectivity index (χ4n) is 1.96. The highest BCUT2D eigenvalue weighted by Gasteiger charge is 2.04. The predicted octanol–water partition coefficient (Wildman–Crippen LogP) is 3.01. The van der Waals surface area contributed by atoms with Gasteiger partial charge in [0.25, 0.3) is 0 Å². The summed E-state index contributed by atoms with van der Waals surface area (Å²) in [5, 5.41) is 12.4. The number of aryl methyl sites for hydroxylation is 1. The number of amides is 1. The summed E-state index contributed by atoms with van der Waals surface area (Å²) in [6.07, 6.45) is 2.36. The molecule has 0 aliphatic heterocycles. The van der Waals surface area contributed by atoms with Crippen molar-refractivity contribution < 1.29 is 9.90 Å². The van der Waals surface area contributed by atoms with Crippen LogP contribution in [0.1, 0.15) is 18.1 Å². The van der Waals surface area contributed by atoms with Crippen LogP contribution in [0.5, 0.6) is 5.75 Å². The minimum atomic E-state index is -0.178. The second-order valence-corrected chi connectivity index (χ2v) is 4.59. The van der Waals surface area contributed by atoms with Crippen molar-refractivity contribution in [3.8, 4) is 5.75 Å². The third-order valence-corrected chi connectivity index (χ3v) is 3.07. The molecule has 21 heavy (non-hydrogen) atoms. The van der Waals surface area contributed by atoms with Crippen molar-refractivity contribution in [3.63, 3.8) is 0 Å². The van der Waals surface area contributed by atoms with Crippen LogP contribution in [0.2, 0.25) is 0 Å². The van der Waals surface area contributed by atoms with Crippen molar-refractivity contribution in [3.05, 3.63) is 59.7 Å². The van der Waals surface area contributed by atoms with Gasteiger partial charge in [-0.15, -0.1) is 0 Å². The number of benzene rings is 2. The standard InChI is InChI=1S/C17H18N2O2/c1-2-13-7-3-5-9-15(13)19-17(21)12-18-11-14-8-4-6-10-16(14)20/h3-11,20H,2,12H2,1H3,(H,19,21). The Morgan fingerprint density at radius 1 is 1.19 bits per heavy atom. The van der Waals surface area contributed by atoms with E-state index in [0.29, 0.717) is 5.56 Å². The molecule has 4 nitrogen and oxygen atoms in total. The van der Waals surface area contributed by atoms with E-state index in [0.717, 1.165) is 17.7 Å². The Morgan fingerprint density at radius 3 is 2.67 bits per heavy atom. The number of phenolic OH excluding ortho intramolecular Hbond substituents is 1. The van der Waals surface area contributed by atoms with Gasteiger partial charge in [0.05, 0.1) is 0 Å². The lowest BCUT2D eigenvalue weighted by Crippen LogP contribution is -2.16. The van der Waals surface area contributed by atoms with Crippen molar-refractivity contribution in [1.82, 2.24) is 0 Å². The minimum Gasteiger partial charge on any atom is -0.507 e. The van der Waals surface area contributed by atoms with Gasteiger partial charge in [0, 0.05) is 17.5 Å². The number of carbonyl (C=O) groups excluding carboxylic acids is 1. The number of carbonyl (C=O) groups is 1. The molecule has 108 valence electrons. The van der Waals surface area contributed by atoms with Crippen molar-refractivity contribution in [1.29, 1.82) is 0 Å². The highest BCUT2D eigenvalue weighted by molar-refractivity contribution is 5.94. The molecule has 4 heteroatoms.